The quantitative estimate of drug-likeness (QED) is 0.645. The first-order valence-electron chi connectivity index (χ1n) is 5.68. The molecule has 0 spiro atoms. The fourth-order valence-electron chi connectivity index (χ4n) is 1.75. The molecule has 0 unspecified atom stereocenters. The first-order chi connectivity index (χ1) is 8.09. The van der Waals surface area contributed by atoms with Crippen LogP contribution in [-0.4, -0.2) is 27.1 Å². The van der Waals surface area contributed by atoms with E-state index in [4.69, 9.17) is 10.2 Å². The zero-order valence-electron chi connectivity index (χ0n) is 9.61. The van der Waals surface area contributed by atoms with Crippen LogP contribution in [0.1, 0.15) is 36.9 Å². The zero-order chi connectivity index (χ0) is 12.7. The molecule has 0 aliphatic carbocycles. The topological polar surface area (TPSA) is 90.4 Å². The van der Waals surface area contributed by atoms with E-state index in [0.29, 0.717) is 19.3 Å². The van der Waals surface area contributed by atoms with Crippen molar-refractivity contribution >= 4 is 11.9 Å². The summed E-state index contributed by atoms with van der Waals surface area (Å²) >= 11 is 0. The first-order valence-corrected chi connectivity index (χ1v) is 5.68. The van der Waals surface area contributed by atoms with Gasteiger partial charge in [0, 0.05) is 24.7 Å². The van der Waals surface area contributed by atoms with E-state index in [2.05, 4.69) is 4.98 Å². The maximum Gasteiger partial charge on any atom is 0.303 e. The third kappa shape index (κ3) is 5.19. The van der Waals surface area contributed by atoms with Crippen LogP contribution in [0.2, 0.25) is 0 Å². The molecule has 1 heterocycles. The highest BCUT2D eigenvalue weighted by molar-refractivity contribution is 5.67. The second kappa shape index (κ2) is 6.73. The van der Waals surface area contributed by atoms with E-state index in [0.717, 1.165) is 17.7 Å². The van der Waals surface area contributed by atoms with E-state index in [9.17, 15) is 9.59 Å². The van der Waals surface area contributed by atoms with Crippen molar-refractivity contribution < 1.29 is 19.8 Å². The highest BCUT2D eigenvalue weighted by atomic mass is 16.4. The Balaban J connectivity index is 2.37. The number of rotatable bonds is 8. The fourth-order valence-corrected chi connectivity index (χ4v) is 1.75. The third-order valence-corrected chi connectivity index (χ3v) is 2.58. The summed E-state index contributed by atoms with van der Waals surface area (Å²) in [6, 6.07) is 1.93. The summed E-state index contributed by atoms with van der Waals surface area (Å²) in [5.41, 5.74) is 2.12. The molecule has 1 aromatic heterocycles. The molecule has 0 atom stereocenters. The van der Waals surface area contributed by atoms with Crippen molar-refractivity contribution in [2.75, 3.05) is 0 Å². The molecule has 3 N–H and O–H groups in total. The summed E-state index contributed by atoms with van der Waals surface area (Å²) in [5.74, 6) is -1.57. The van der Waals surface area contributed by atoms with Gasteiger partial charge < -0.3 is 15.2 Å². The minimum Gasteiger partial charge on any atom is -0.481 e. The van der Waals surface area contributed by atoms with Gasteiger partial charge in [-0.1, -0.05) is 0 Å². The van der Waals surface area contributed by atoms with Gasteiger partial charge in [0.1, 0.15) is 0 Å². The van der Waals surface area contributed by atoms with Gasteiger partial charge in [-0.2, -0.15) is 0 Å². The van der Waals surface area contributed by atoms with E-state index in [1.54, 1.807) is 0 Å². The van der Waals surface area contributed by atoms with Gasteiger partial charge in [-0.15, -0.1) is 0 Å². The maximum atomic E-state index is 10.4. The summed E-state index contributed by atoms with van der Waals surface area (Å²) in [4.78, 5) is 23.8. The highest BCUT2D eigenvalue weighted by Crippen LogP contribution is 2.13. The maximum absolute atomic E-state index is 10.4. The molecule has 0 aliphatic rings. The van der Waals surface area contributed by atoms with Crippen LogP contribution in [0.5, 0.6) is 0 Å². The lowest BCUT2D eigenvalue weighted by molar-refractivity contribution is -0.138. The minimum absolute atomic E-state index is 0.160. The van der Waals surface area contributed by atoms with Crippen molar-refractivity contribution in [3.63, 3.8) is 0 Å². The van der Waals surface area contributed by atoms with Crippen LogP contribution in [0.25, 0.3) is 0 Å². The Morgan fingerprint density at radius 3 is 2.24 bits per heavy atom. The summed E-state index contributed by atoms with van der Waals surface area (Å²) in [6.07, 6.45) is 4.76. The van der Waals surface area contributed by atoms with Gasteiger partial charge in [-0.05, 0) is 37.3 Å². The average molecular weight is 239 g/mol. The third-order valence-electron chi connectivity index (χ3n) is 2.58. The summed E-state index contributed by atoms with van der Waals surface area (Å²) < 4.78 is 0. The van der Waals surface area contributed by atoms with Crippen LogP contribution < -0.4 is 0 Å². The van der Waals surface area contributed by atoms with Gasteiger partial charge >= 0.3 is 11.9 Å². The predicted octanol–water partition coefficient (Wildman–Crippen LogP) is 1.83. The SMILES string of the molecule is O=C(O)CCCc1cc[nH]c1CCCC(=O)O. The van der Waals surface area contributed by atoms with E-state index >= 15 is 0 Å². The molecule has 0 saturated heterocycles. The molecule has 0 aliphatic heterocycles. The smallest absolute Gasteiger partial charge is 0.303 e. The monoisotopic (exact) mass is 239 g/mol. The number of aromatic amines is 1. The molecule has 0 saturated carbocycles. The molecule has 0 amide bonds. The van der Waals surface area contributed by atoms with E-state index < -0.39 is 11.9 Å². The lowest BCUT2D eigenvalue weighted by Gasteiger charge is -2.02. The van der Waals surface area contributed by atoms with Crippen LogP contribution in [-0.2, 0) is 22.4 Å². The number of hydrogen-bond donors (Lipinski definition) is 3. The Morgan fingerprint density at radius 2 is 1.65 bits per heavy atom. The van der Waals surface area contributed by atoms with E-state index in [1.807, 2.05) is 12.3 Å². The molecule has 5 nitrogen and oxygen atoms in total. The average Bonchev–Trinajstić information content (AvgIpc) is 2.65. The summed E-state index contributed by atoms with van der Waals surface area (Å²) in [6.45, 7) is 0. The van der Waals surface area contributed by atoms with Gasteiger partial charge in [-0.25, -0.2) is 0 Å². The number of carbonyl (C=O) groups is 2. The van der Waals surface area contributed by atoms with Gasteiger partial charge in [-0.3, -0.25) is 9.59 Å². The molecule has 1 aromatic rings. The van der Waals surface area contributed by atoms with E-state index in [1.165, 1.54) is 0 Å². The summed E-state index contributed by atoms with van der Waals surface area (Å²) in [5, 5.41) is 17.1. The molecule has 1 rings (SSSR count). The minimum atomic E-state index is -0.788. The predicted molar refractivity (Wildman–Crippen MR) is 61.9 cm³/mol. The lowest BCUT2D eigenvalue weighted by atomic mass is 10.1. The lowest BCUT2D eigenvalue weighted by Crippen LogP contribution is -1.99. The van der Waals surface area contributed by atoms with Crippen molar-refractivity contribution in [2.24, 2.45) is 0 Å². The second-order valence-corrected chi connectivity index (χ2v) is 3.98. The largest absolute Gasteiger partial charge is 0.481 e. The normalized spacial score (nSPS) is 10.4. The van der Waals surface area contributed by atoms with Crippen LogP contribution in [0.15, 0.2) is 12.3 Å². The number of hydrogen-bond acceptors (Lipinski definition) is 2. The number of carboxylic acids is 2. The standard InChI is InChI=1S/C12H17NO4/c14-11(15)5-1-3-9-7-8-13-10(9)4-2-6-12(16)17/h7-8,13H,1-6H2,(H,14,15)(H,16,17). The van der Waals surface area contributed by atoms with Crippen LogP contribution in [0.3, 0.4) is 0 Å². The second-order valence-electron chi connectivity index (χ2n) is 3.98. The van der Waals surface area contributed by atoms with Crippen molar-refractivity contribution in [1.82, 2.24) is 4.98 Å². The highest BCUT2D eigenvalue weighted by Gasteiger charge is 2.06. The van der Waals surface area contributed by atoms with Crippen molar-refractivity contribution in [3.05, 3.63) is 23.5 Å². The number of aromatic nitrogens is 1. The Labute approximate surface area is 99.5 Å². The molecule has 0 bridgehead atoms. The molecule has 94 valence electrons. The van der Waals surface area contributed by atoms with Gasteiger partial charge in [0.05, 0.1) is 0 Å². The Bertz CT molecular complexity index is 349. The fraction of sp³-hybridized carbons (Fsp3) is 0.500. The van der Waals surface area contributed by atoms with Crippen LogP contribution in [0.4, 0.5) is 0 Å². The first kappa shape index (κ1) is 13.3. The Morgan fingerprint density at radius 1 is 1.06 bits per heavy atom. The summed E-state index contributed by atoms with van der Waals surface area (Å²) in [7, 11) is 0. The number of aryl methyl sites for hydroxylation is 2. The number of H-pyrrole nitrogens is 1. The van der Waals surface area contributed by atoms with Gasteiger partial charge in [0.25, 0.3) is 0 Å². The number of carboxylic acid groups (broad SMARTS) is 2. The zero-order valence-corrected chi connectivity index (χ0v) is 9.61. The number of aliphatic carboxylic acids is 2. The molecule has 5 heteroatoms. The molecule has 17 heavy (non-hydrogen) atoms. The molecular formula is C12H17NO4. The molecule has 0 fully saturated rings. The Kier molecular flexibility index (Phi) is 5.26. The van der Waals surface area contributed by atoms with E-state index in [-0.39, 0.29) is 12.8 Å². The van der Waals surface area contributed by atoms with Crippen molar-refractivity contribution in [3.8, 4) is 0 Å². The van der Waals surface area contributed by atoms with Crippen molar-refractivity contribution in [2.45, 2.75) is 38.5 Å². The molecule has 0 aromatic carbocycles. The Hall–Kier alpha value is -1.78. The molecular weight excluding hydrogens is 222 g/mol. The van der Waals surface area contributed by atoms with Crippen LogP contribution >= 0.6 is 0 Å². The van der Waals surface area contributed by atoms with Gasteiger partial charge in [0.2, 0.25) is 0 Å². The number of nitrogens with one attached hydrogen (secondary N) is 1. The molecule has 0 radical (unpaired) electrons. The van der Waals surface area contributed by atoms with Gasteiger partial charge in [0.15, 0.2) is 0 Å². The van der Waals surface area contributed by atoms with Crippen LogP contribution in [0, 0.1) is 0 Å². The van der Waals surface area contributed by atoms with Crippen molar-refractivity contribution in [1.29, 1.82) is 0 Å².